The van der Waals surface area contributed by atoms with E-state index in [0.29, 0.717) is 17.7 Å². The number of alkyl halides is 6. The van der Waals surface area contributed by atoms with Crippen molar-refractivity contribution in [2.24, 2.45) is 0 Å². The maximum Gasteiger partial charge on any atom is 0.418 e. The van der Waals surface area contributed by atoms with Crippen LogP contribution < -0.4 is 10.6 Å². The van der Waals surface area contributed by atoms with E-state index in [4.69, 9.17) is 0 Å². The standard InChI is InChI=1S/C23H15F6N3O2/c24-22(25,26)15-7-5-12(6-8-15)18(19-17(23(27,28)29)2-1-9-30-19)32-20(33)13-3-4-14-11-31-21(34)16(14)10-13/h1-10,18H,11H2,(H,31,34)(H,32,33)/t18-/m0/s1. The fraction of sp³-hybridized carbons (Fsp3) is 0.174. The largest absolute Gasteiger partial charge is 0.418 e. The molecule has 11 heteroatoms. The van der Waals surface area contributed by atoms with Crippen LogP contribution in [0, 0.1) is 0 Å². The monoisotopic (exact) mass is 479 g/mol. The molecule has 2 aromatic carbocycles. The van der Waals surface area contributed by atoms with Crippen LogP contribution in [0.15, 0.2) is 60.8 Å². The number of nitrogens with one attached hydrogen (secondary N) is 2. The van der Waals surface area contributed by atoms with Gasteiger partial charge in [-0.25, -0.2) is 0 Å². The second-order valence-corrected chi connectivity index (χ2v) is 7.51. The van der Waals surface area contributed by atoms with E-state index >= 15 is 0 Å². The van der Waals surface area contributed by atoms with Crippen LogP contribution in [0.1, 0.15) is 54.7 Å². The summed E-state index contributed by atoms with van der Waals surface area (Å²) >= 11 is 0. The van der Waals surface area contributed by atoms with Gasteiger partial charge >= 0.3 is 12.4 Å². The molecule has 0 bridgehead atoms. The van der Waals surface area contributed by atoms with Crippen LogP contribution in [-0.4, -0.2) is 16.8 Å². The molecule has 1 aliphatic rings. The number of hydrogen-bond donors (Lipinski definition) is 2. The number of pyridine rings is 1. The molecule has 0 radical (unpaired) electrons. The molecule has 0 unspecified atom stereocenters. The number of rotatable bonds is 4. The number of aromatic nitrogens is 1. The molecule has 0 fully saturated rings. The summed E-state index contributed by atoms with van der Waals surface area (Å²) < 4.78 is 79.9. The van der Waals surface area contributed by atoms with Crippen LogP contribution in [-0.2, 0) is 18.9 Å². The van der Waals surface area contributed by atoms with E-state index < -0.39 is 47.0 Å². The predicted octanol–water partition coefficient (Wildman–Crippen LogP) is 4.88. The molecule has 0 saturated carbocycles. The van der Waals surface area contributed by atoms with E-state index in [2.05, 4.69) is 15.6 Å². The van der Waals surface area contributed by atoms with Crippen molar-refractivity contribution < 1.29 is 35.9 Å². The zero-order valence-electron chi connectivity index (χ0n) is 17.1. The van der Waals surface area contributed by atoms with Crippen molar-refractivity contribution in [3.8, 4) is 0 Å². The Labute approximate surface area is 188 Å². The number of amides is 2. The lowest BCUT2D eigenvalue weighted by atomic mass is 9.97. The summed E-state index contributed by atoms with van der Waals surface area (Å²) in [5.74, 6) is -1.22. The molecule has 3 aromatic rings. The highest BCUT2D eigenvalue weighted by molar-refractivity contribution is 6.02. The van der Waals surface area contributed by atoms with Crippen molar-refractivity contribution in [3.63, 3.8) is 0 Å². The van der Waals surface area contributed by atoms with Crippen molar-refractivity contribution in [2.45, 2.75) is 24.9 Å². The van der Waals surface area contributed by atoms with E-state index in [9.17, 15) is 35.9 Å². The lowest BCUT2D eigenvalue weighted by molar-refractivity contribution is -0.139. The second-order valence-electron chi connectivity index (χ2n) is 7.51. The highest BCUT2D eigenvalue weighted by Crippen LogP contribution is 2.36. The quantitative estimate of drug-likeness (QED) is 0.524. The SMILES string of the molecule is O=C(N[C@@H](c1ccc(C(F)(F)F)cc1)c1ncccc1C(F)(F)F)c1ccc2c(c1)C(=O)NC2. The lowest BCUT2D eigenvalue weighted by Crippen LogP contribution is -2.32. The first-order valence-corrected chi connectivity index (χ1v) is 9.86. The van der Waals surface area contributed by atoms with Gasteiger partial charge in [0, 0.05) is 23.9 Å². The summed E-state index contributed by atoms with van der Waals surface area (Å²) in [4.78, 5) is 28.7. The molecule has 5 nitrogen and oxygen atoms in total. The first-order chi connectivity index (χ1) is 15.9. The third kappa shape index (κ3) is 4.59. The summed E-state index contributed by atoms with van der Waals surface area (Å²) in [6.07, 6.45) is -8.39. The summed E-state index contributed by atoms with van der Waals surface area (Å²) in [5.41, 5.74) is -1.85. The molecule has 2 N–H and O–H groups in total. The summed E-state index contributed by atoms with van der Waals surface area (Å²) in [6.45, 7) is 0.285. The molecular weight excluding hydrogens is 464 g/mol. The number of carbonyl (C=O) groups is 2. The number of benzene rings is 2. The average molecular weight is 479 g/mol. The Bertz CT molecular complexity index is 1250. The first-order valence-electron chi connectivity index (χ1n) is 9.86. The molecule has 34 heavy (non-hydrogen) atoms. The molecule has 0 spiro atoms. The number of hydrogen-bond acceptors (Lipinski definition) is 3. The number of halogens is 6. The number of carbonyl (C=O) groups excluding carboxylic acids is 2. The minimum absolute atomic E-state index is 0.00259. The summed E-state index contributed by atoms with van der Waals surface area (Å²) in [7, 11) is 0. The molecule has 1 aliphatic heterocycles. The molecule has 176 valence electrons. The smallest absolute Gasteiger partial charge is 0.348 e. The zero-order chi connectivity index (χ0) is 24.7. The minimum Gasteiger partial charge on any atom is -0.348 e. The van der Waals surface area contributed by atoms with Gasteiger partial charge in [-0.2, -0.15) is 26.3 Å². The van der Waals surface area contributed by atoms with Crippen LogP contribution in [0.5, 0.6) is 0 Å². The molecule has 0 aliphatic carbocycles. The van der Waals surface area contributed by atoms with Crippen molar-refractivity contribution in [1.82, 2.24) is 15.6 Å². The number of fused-ring (bicyclic) bond motifs is 1. The molecule has 1 aromatic heterocycles. The summed E-state index contributed by atoms with van der Waals surface area (Å²) in [6, 6.07) is 7.96. The maximum absolute atomic E-state index is 13.7. The maximum atomic E-state index is 13.7. The fourth-order valence-electron chi connectivity index (χ4n) is 3.63. The van der Waals surface area contributed by atoms with Gasteiger partial charge < -0.3 is 10.6 Å². The predicted molar refractivity (Wildman–Crippen MR) is 108 cm³/mol. The van der Waals surface area contributed by atoms with Crippen molar-refractivity contribution in [1.29, 1.82) is 0 Å². The third-order valence-corrected chi connectivity index (χ3v) is 5.32. The Morgan fingerprint density at radius 1 is 0.971 bits per heavy atom. The Balaban J connectivity index is 1.76. The second kappa shape index (κ2) is 8.47. The molecule has 4 rings (SSSR count). The highest BCUT2D eigenvalue weighted by Gasteiger charge is 2.37. The van der Waals surface area contributed by atoms with Crippen molar-refractivity contribution in [3.05, 3.63) is 99.9 Å². The van der Waals surface area contributed by atoms with E-state index in [0.717, 1.165) is 30.5 Å². The molecule has 2 amide bonds. The molecular formula is C23H15F6N3O2. The van der Waals surface area contributed by atoms with Gasteiger partial charge in [0.25, 0.3) is 11.8 Å². The minimum atomic E-state index is -4.83. The summed E-state index contributed by atoms with van der Waals surface area (Å²) in [5, 5.41) is 5.02. The Morgan fingerprint density at radius 3 is 2.32 bits per heavy atom. The molecule has 0 saturated heterocycles. The fourth-order valence-corrected chi connectivity index (χ4v) is 3.63. The van der Waals surface area contributed by atoms with E-state index in [1.165, 1.54) is 18.2 Å². The number of nitrogens with zero attached hydrogens (tertiary/aromatic N) is 1. The average Bonchev–Trinajstić information content (AvgIpc) is 3.16. The van der Waals surface area contributed by atoms with E-state index in [-0.39, 0.29) is 23.2 Å². The van der Waals surface area contributed by atoms with Crippen LogP contribution in [0.4, 0.5) is 26.3 Å². The Hall–Kier alpha value is -3.89. The van der Waals surface area contributed by atoms with Crippen LogP contribution >= 0.6 is 0 Å². The topological polar surface area (TPSA) is 71.1 Å². The zero-order valence-corrected chi connectivity index (χ0v) is 17.1. The lowest BCUT2D eigenvalue weighted by Gasteiger charge is -2.23. The molecule has 1 atom stereocenters. The van der Waals surface area contributed by atoms with Crippen molar-refractivity contribution >= 4 is 11.8 Å². The first kappa shape index (κ1) is 23.3. The Kier molecular flexibility index (Phi) is 5.80. The third-order valence-electron chi connectivity index (χ3n) is 5.32. The van der Waals surface area contributed by atoms with Gasteiger partial charge in [0.1, 0.15) is 0 Å². The normalized spacial score (nSPS) is 14.4. The van der Waals surface area contributed by atoms with Gasteiger partial charge in [-0.1, -0.05) is 18.2 Å². The van der Waals surface area contributed by atoms with Gasteiger partial charge in [0.2, 0.25) is 0 Å². The van der Waals surface area contributed by atoms with Gasteiger partial charge in [-0.05, 0) is 47.5 Å². The van der Waals surface area contributed by atoms with Crippen LogP contribution in [0.2, 0.25) is 0 Å². The van der Waals surface area contributed by atoms with Crippen LogP contribution in [0.25, 0.3) is 0 Å². The van der Waals surface area contributed by atoms with E-state index in [1.54, 1.807) is 0 Å². The van der Waals surface area contributed by atoms with E-state index in [1.807, 2.05) is 0 Å². The highest BCUT2D eigenvalue weighted by atomic mass is 19.4. The van der Waals surface area contributed by atoms with Crippen LogP contribution in [0.3, 0.4) is 0 Å². The Morgan fingerprint density at radius 2 is 1.68 bits per heavy atom. The van der Waals surface area contributed by atoms with Gasteiger partial charge in [0.15, 0.2) is 0 Å². The molecule has 2 heterocycles. The van der Waals surface area contributed by atoms with Gasteiger partial charge in [0.05, 0.1) is 22.9 Å². The van der Waals surface area contributed by atoms with Gasteiger partial charge in [-0.3, -0.25) is 14.6 Å². The van der Waals surface area contributed by atoms with Crippen molar-refractivity contribution in [2.75, 3.05) is 0 Å². The van der Waals surface area contributed by atoms with Gasteiger partial charge in [-0.15, -0.1) is 0 Å².